The van der Waals surface area contributed by atoms with Crippen LogP contribution in [0.1, 0.15) is 17.0 Å². The second kappa shape index (κ2) is 8.91. The van der Waals surface area contributed by atoms with Gasteiger partial charge in [-0.3, -0.25) is 10.1 Å². The molecule has 2 aromatic carbocycles. The summed E-state index contributed by atoms with van der Waals surface area (Å²) in [6, 6.07) is 16.4. The van der Waals surface area contributed by atoms with Gasteiger partial charge in [0.1, 0.15) is 0 Å². The summed E-state index contributed by atoms with van der Waals surface area (Å²) in [4.78, 5) is 14.3. The number of benzene rings is 2. The number of aromatic nitrogens is 2. The first-order valence-corrected chi connectivity index (χ1v) is 10.3. The van der Waals surface area contributed by atoms with E-state index in [-0.39, 0.29) is 17.7 Å². The minimum atomic E-state index is -0.171. The third-order valence-corrected chi connectivity index (χ3v) is 5.37. The number of thioether (sulfide) groups is 2. The fraction of sp³-hybridized carbons (Fsp3) is 0.211. The Labute approximate surface area is 161 Å². The van der Waals surface area contributed by atoms with Crippen molar-refractivity contribution in [3.63, 3.8) is 0 Å². The predicted octanol–water partition coefficient (Wildman–Crippen LogP) is 4.42. The highest BCUT2D eigenvalue weighted by Crippen LogP contribution is 2.19. The normalized spacial score (nSPS) is 10.7. The summed E-state index contributed by atoms with van der Waals surface area (Å²) < 4.78 is 5.51. The Hall–Kier alpha value is -2.25. The maximum atomic E-state index is 12.0. The van der Waals surface area contributed by atoms with Crippen molar-refractivity contribution in [3.05, 3.63) is 65.5 Å². The number of anilines is 1. The molecule has 1 N–H and O–H groups in total. The van der Waals surface area contributed by atoms with Crippen molar-refractivity contribution in [3.8, 4) is 0 Å². The first-order valence-electron chi connectivity index (χ1n) is 8.07. The van der Waals surface area contributed by atoms with Crippen LogP contribution < -0.4 is 5.32 Å². The summed E-state index contributed by atoms with van der Waals surface area (Å²) in [5, 5.41) is 10.5. The molecule has 1 amide bonds. The number of hydrogen-bond acceptors (Lipinski definition) is 6. The number of nitrogens with zero attached hydrogens (tertiary/aromatic N) is 2. The highest BCUT2D eigenvalue weighted by Gasteiger charge is 2.11. The van der Waals surface area contributed by atoms with Gasteiger partial charge in [-0.1, -0.05) is 34.9 Å². The Bertz CT molecular complexity index is 861. The van der Waals surface area contributed by atoms with Gasteiger partial charge in [0, 0.05) is 9.79 Å². The van der Waals surface area contributed by atoms with Gasteiger partial charge in [0.25, 0.3) is 0 Å². The van der Waals surface area contributed by atoms with Crippen molar-refractivity contribution in [1.29, 1.82) is 0 Å². The van der Waals surface area contributed by atoms with Crippen LogP contribution in [0.25, 0.3) is 0 Å². The van der Waals surface area contributed by atoms with Crippen LogP contribution in [0.15, 0.2) is 62.7 Å². The van der Waals surface area contributed by atoms with Gasteiger partial charge in [0.2, 0.25) is 11.8 Å². The van der Waals surface area contributed by atoms with E-state index < -0.39 is 0 Å². The van der Waals surface area contributed by atoms with Crippen molar-refractivity contribution in [2.45, 2.75) is 23.1 Å². The monoisotopic (exact) mass is 385 g/mol. The van der Waals surface area contributed by atoms with E-state index in [1.807, 2.05) is 49.6 Å². The SMILES string of the molecule is CSc1ccc(Cc2nnc(NC(=O)CSc3ccc(C)cc3)o2)cc1. The van der Waals surface area contributed by atoms with E-state index in [0.29, 0.717) is 12.3 Å². The molecular weight excluding hydrogens is 366 g/mol. The number of carbonyl (C=O) groups is 1. The zero-order chi connectivity index (χ0) is 18.4. The zero-order valence-corrected chi connectivity index (χ0v) is 16.2. The van der Waals surface area contributed by atoms with Crippen LogP contribution in [0, 0.1) is 6.92 Å². The summed E-state index contributed by atoms with van der Waals surface area (Å²) in [6.45, 7) is 2.03. The van der Waals surface area contributed by atoms with Crippen molar-refractivity contribution in [1.82, 2.24) is 10.2 Å². The Kier molecular flexibility index (Phi) is 6.35. The molecule has 0 unspecified atom stereocenters. The highest BCUT2D eigenvalue weighted by atomic mass is 32.2. The molecule has 0 atom stereocenters. The molecular formula is C19H19N3O2S2. The molecule has 0 fully saturated rings. The second-order valence-corrected chi connectivity index (χ2v) is 7.60. The number of rotatable bonds is 7. The minimum absolute atomic E-state index is 0.134. The molecule has 134 valence electrons. The lowest BCUT2D eigenvalue weighted by Gasteiger charge is -2.02. The maximum absolute atomic E-state index is 12.0. The number of nitrogens with one attached hydrogen (secondary N) is 1. The van der Waals surface area contributed by atoms with Gasteiger partial charge >= 0.3 is 6.01 Å². The van der Waals surface area contributed by atoms with Crippen molar-refractivity contribution < 1.29 is 9.21 Å². The molecule has 0 saturated carbocycles. The molecule has 3 rings (SSSR count). The van der Waals surface area contributed by atoms with Crippen LogP contribution in [-0.4, -0.2) is 28.1 Å². The molecule has 3 aromatic rings. The second-order valence-electron chi connectivity index (χ2n) is 5.68. The van der Waals surface area contributed by atoms with Crippen molar-refractivity contribution in [2.24, 2.45) is 0 Å². The lowest BCUT2D eigenvalue weighted by Crippen LogP contribution is -2.14. The zero-order valence-electron chi connectivity index (χ0n) is 14.6. The average molecular weight is 386 g/mol. The predicted molar refractivity (Wildman–Crippen MR) is 106 cm³/mol. The van der Waals surface area contributed by atoms with Crippen LogP contribution in [0.3, 0.4) is 0 Å². The fourth-order valence-corrected chi connectivity index (χ4v) is 3.34. The third-order valence-electron chi connectivity index (χ3n) is 3.62. The van der Waals surface area contributed by atoms with Gasteiger partial charge in [-0.05, 0) is 43.0 Å². The van der Waals surface area contributed by atoms with Gasteiger partial charge in [0.15, 0.2) is 0 Å². The quantitative estimate of drug-likeness (QED) is 0.607. The molecule has 0 saturated heterocycles. The summed E-state index contributed by atoms with van der Waals surface area (Å²) in [7, 11) is 0. The number of carbonyl (C=O) groups excluding carboxylic acids is 1. The van der Waals surface area contributed by atoms with Crippen LogP contribution in [0.5, 0.6) is 0 Å². The topological polar surface area (TPSA) is 68.0 Å². The van der Waals surface area contributed by atoms with Gasteiger partial charge in [-0.25, -0.2) is 0 Å². The summed E-state index contributed by atoms with van der Waals surface area (Å²) in [5.74, 6) is 0.593. The van der Waals surface area contributed by atoms with E-state index in [4.69, 9.17) is 4.42 Å². The van der Waals surface area contributed by atoms with Gasteiger partial charge in [-0.15, -0.1) is 28.6 Å². The molecule has 1 aromatic heterocycles. The Balaban J connectivity index is 1.50. The summed E-state index contributed by atoms with van der Waals surface area (Å²) in [6.07, 6.45) is 2.58. The van der Waals surface area contributed by atoms with Crippen LogP contribution in [0.4, 0.5) is 6.01 Å². The van der Waals surface area contributed by atoms with Crippen LogP contribution >= 0.6 is 23.5 Å². The van der Waals surface area contributed by atoms with Gasteiger partial charge < -0.3 is 4.42 Å². The molecule has 26 heavy (non-hydrogen) atoms. The first kappa shape index (κ1) is 18.5. The number of amides is 1. The van der Waals surface area contributed by atoms with Gasteiger partial charge in [0.05, 0.1) is 12.2 Å². The molecule has 1 heterocycles. The maximum Gasteiger partial charge on any atom is 0.322 e. The average Bonchev–Trinajstić information content (AvgIpc) is 3.08. The van der Waals surface area contributed by atoms with Gasteiger partial charge in [-0.2, -0.15) is 0 Å². The fourth-order valence-electron chi connectivity index (χ4n) is 2.23. The smallest absolute Gasteiger partial charge is 0.322 e. The van der Waals surface area contributed by atoms with E-state index in [2.05, 4.69) is 27.6 Å². The van der Waals surface area contributed by atoms with E-state index in [1.54, 1.807) is 11.8 Å². The minimum Gasteiger partial charge on any atom is -0.407 e. The van der Waals surface area contributed by atoms with Crippen LogP contribution in [-0.2, 0) is 11.2 Å². The molecule has 0 bridgehead atoms. The molecule has 0 spiro atoms. The Morgan fingerprint density at radius 2 is 1.73 bits per heavy atom. The van der Waals surface area contributed by atoms with E-state index in [9.17, 15) is 4.79 Å². The van der Waals surface area contributed by atoms with Crippen molar-refractivity contribution >= 4 is 35.4 Å². The molecule has 0 radical (unpaired) electrons. The molecule has 5 nitrogen and oxygen atoms in total. The standard InChI is InChI=1S/C19H19N3O2S2/c1-13-3-7-16(8-4-13)26-12-17(23)20-19-22-21-18(24-19)11-14-5-9-15(25-2)10-6-14/h3-10H,11-12H2,1-2H3,(H,20,22,23). The largest absolute Gasteiger partial charge is 0.407 e. The summed E-state index contributed by atoms with van der Waals surface area (Å²) in [5.41, 5.74) is 2.28. The Morgan fingerprint density at radius 3 is 2.42 bits per heavy atom. The Morgan fingerprint density at radius 1 is 1.04 bits per heavy atom. The highest BCUT2D eigenvalue weighted by molar-refractivity contribution is 8.00. The molecule has 0 aliphatic rings. The number of hydrogen-bond donors (Lipinski definition) is 1. The van der Waals surface area contributed by atoms with E-state index in [1.165, 1.54) is 22.2 Å². The first-order chi connectivity index (χ1) is 12.6. The van der Waals surface area contributed by atoms with E-state index >= 15 is 0 Å². The van der Waals surface area contributed by atoms with Crippen molar-refractivity contribution in [2.75, 3.05) is 17.3 Å². The lowest BCUT2D eigenvalue weighted by atomic mass is 10.1. The van der Waals surface area contributed by atoms with Crippen LogP contribution in [0.2, 0.25) is 0 Å². The molecule has 0 aliphatic heterocycles. The molecule has 0 aliphatic carbocycles. The molecule has 7 heteroatoms. The summed E-state index contributed by atoms with van der Waals surface area (Å²) >= 11 is 3.16. The number of aryl methyl sites for hydroxylation is 1. The third kappa shape index (κ3) is 5.37. The van der Waals surface area contributed by atoms with E-state index in [0.717, 1.165) is 10.5 Å². The lowest BCUT2D eigenvalue weighted by molar-refractivity contribution is -0.113.